The molecule has 48 heavy (non-hydrogen) atoms. The van der Waals surface area contributed by atoms with E-state index in [0.717, 1.165) is 61.2 Å². The lowest BCUT2D eigenvalue weighted by Gasteiger charge is -2.29. The van der Waals surface area contributed by atoms with Crippen LogP contribution in [0.4, 0.5) is 0 Å². The third kappa shape index (κ3) is 4.70. The fraction of sp³-hybridized carbons (Fsp3) is 0.0667. The number of benzene rings is 8. The summed E-state index contributed by atoms with van der Waals surface area (Å²) in [5.74, 6) is 1.78. The van der Waals surface area contributed by atoms with Gasteiger partial charge in [0.05, 0.1) is 0 Å². The first-order valence-electron chi connectivity index (χ1n) is 16.6. The Labute approximate surface area is 281 Å². The van der Waals surface area contributed by atoms with Crippen molar-refractivity contribution in [3.05, 3.63) is 158 Å². The molecular formula is C45H34O2Si. The van der Waals surface area contributed by atoms with Crippen LogP contribution in [-0.2, 0) is 0 Å². The SMILES string of the molecule is C=C(C)C[Si]1(C)Oc2c(-c3ccc4ccccc4c3)cc3ccccc3c2-c2c(c(-c3ccc4ccccc4c3)cc3ccccc23)O1. The summed E-state index contributed by atoms with van der Waals surface area (Å²) in [6, 6.07) is 53.2. The Kier molecular flexibility index (Phi) is 6.53. The molecule has 0 aromatic heterocycles. The lowest BCUT2D eigenvalue weighted by Crippen LogP contribution is -2.45. The van der Waals surface area contributed by atoms with Gasteiger partial charge < -0.3 is 8.85 Å². The first-order valence-corrected chi connectivity index (χ1v) is 19.1. The van der Waals surface area contributed by atoms with Gasteiger partial charge in [-0.05, 0) is 85.4 Å². The highest BCUT2D eigenvalue weighted by molar-refractivity contribution is 6.68. The molecule has 0 saturated carbocycles. The largest absolute Gasteiger partial charge is 0.511 e. The molecule has 1 aliphatic heterocycles. The molecule has 230 valence electrons. The summed E-state index contributed by atoms with van der Waals surface area (Å²) < 4.78 is 14.8. The van der Waals surface area contributed by atoms with Gasteiger partial charge in [-0.15, -0.1) is 6.58 Å². The summed E-state index contributed by atoms with van der Waals surface area (Å²) in [5.41, 5.74) is 7.63. The van der Waals surface area contributed by atoms with Gasteiger partial charge in [-0.3, -0.25) is 0 Å². The van der Waals surface area contributed by atoms with Crippen LogP contribution in [0, 0.1) is 0 Å². The molecule has 0 atom stereocenters. The van der Waals surface area contributed by atoms with Crippen LogP contribution in [0.1, 0.15) is 6.92 Å². The molecule has 9 rings (SSSR count). The number of hydrogen-bond acceptors (Lipinski definition) is 2. The fourth-order valence-corrected chi connectivity index (χ4v) is 10.2. The lowest BCUT2D eigenvalue weighted by atomic mass is 9.86. The van der Waals surface area contributed by atoms with Crippen molar-refractivity contribution >= 4 is 51.7 Å². The maximum Gasteiger partial charge on any atom is 0.461 e. The average Bonchev–Trinajstić information content (AvgIpc) is 3.24. The molecule has 1 heterocycles. The van der Waals surface area contributed by atoms with E-state index < -0.39 is 8.56 Å². The second-order valence-electron chi connectivity index (χ2n) is 13.3. The Balaban J connectivity index is 1.44. The standard InChI is InChI=1S/C45H34O2Si/c1-29(2)28-48(3)46-44-40(36-22-20-30-12-4-6-14-32(30)24-36)26-34-16-8-10-18-38(34)42(44)43-39-19-11-9-17-35(39)27-41(45(43)47-48)37-23-21-31-13-5-7-15-33(31)25-37/h4-27H,1,28H2,2-3H3. The summed E-state index contributed by atoms with van der Waals surface area (Å²) in [4.78, 5) is 0. The molecular weight excluding hydrogens is 601 g/mol. The van der Waals surface area contributed by atoms with Gasteiger partial charge in [-0.1, -0.05) is 127 Å². The highest BCUT2D eigenvalue weighted by Crippen LogP contribution is 2.55. The van der Waals surface area contributed by atoms with Crippen molar-refractivity contribution in [2.45, 2.75) is 19.5 Å². The fourth-order valence-electron chi connectivity index (χ4n) is 7.58. The van der Waals surface area contributed by atoms with Crippen LogP contribution in [0.25, 0.3) is 76.5 Å². The van der Waals surface area contributed by atoms with Crippen molar-refractivity contribution in [3.8, 4) is 44.9 Å². The Hall–Kier alpha value is -5.64. The first-order chi connectivity index (χ1) is 23.4. The van der Waals surface area contributed by atoms with Gasteiger partial charge in [0.15, 0.2) is 0 Å². The van der Waals surface area contributed by atoms with E-state index in [0.29, 0.717) is 6.04 Å². The van der Waals surface area contributed by atoms with Gasteiger partial charge in [0.25, 0.3) is 0 Å². The lowest BCUT2D eigenvalue weighted by molar-refractivity contribution is 0.402. The van der Waals surface area contributed by atoms with Gasteiger partial charge in [0, 0.05) is 34.8 Å². The van der Waals surface area contributed by atoms with E-state index in [4.69, 9.17) is 8.85 Å². The predicted octanol–water partition coefficient (Wildman–Crippen LogP) is 12.7. The molecule has 0 radical (unpaired) electrons. The second kappa shape index (κ2) is 11.0. The Morgan fingerprint density at radius 1 is 0.500 bits per heavy atom. The molecule has 0 fully saturated rings. The van der Waals surface area contributed by atoms with Gasteiger partial charge in [-0.2, -0.15) is 0 Å². The van der Waals surface area contributed by atoms with Crippen molar-refractivity contribution < 1.29 is 8.85 Å². The zero-order valence-electron chi connectivity index (χ0n) is 27.1. The van der Waals surface area contributed by atoms with Crippen molar-refractivity contribution in [1.29, 1.82) is 0 Å². The van der Waals surface area contributed by atoms with Crippen molar-refractivity contribution in [2.75, 3.05) is 0 Å². The molecule has 0 aliphatic carbocycles. The van der Waals surface area contributed by atoms with Crippen LogP contribution >= 0.6 is 0 Å². The predicted molar refractivity (Wildman–Crippen MR) is 205 cm³/mol. The first kappa shape index (κ1) is 28.6. The van der Waals surface area contributed by atoms with E-state index in [1.54, 1.807) is 0 Å². The summed E-state index contributed by atoms with van der Waals surface area (Å²) in [6.45, 7) is 8.61. The number of allylic oxidation sites excluding steroid dienone is 1. The van der Waals surface area contributed by atoms with E-state index in [2.05, 4.69) is 166 Å². The van der Waals surface area contributed by atoms with E-state index in [-0.39, 0.29) is 0 Å². The topological polar surface area (TPSA) is 18.5 Å². The molecule has 0 amide bonds. The molecule has 1 aliphatic rings. The van der Waals surface area contributed by atoms with Crippen molar-refractivity contribution in [3.63, 3.8) is 0 Å². The van der Waals surface area contributed by atoms with Crippen LogP contribution in [0.3, 0.4) is 0 Å². The molecule has 0 N–H and O–H groups in total. The van der Waals surface area contributed by atoms with Gasteiger partial charge >= 0.3 is 8.56 Å². The van der Waals surface area contributed by atoms with Crippen LogP contribution in [0.5, 0.6) is 11.5 Å². The molecule has 8 aromatic carbocycles. The third-order valence-corrected chi connectivity index (χ3v) is 12.2. The van der Waals surface area contributed by atoms with Crippen molar-refractivity contribution in [1.82, 2.24) is 0 Å². The minimum Gasteiger partial charge on any atom is -0.511 e. The van der Waals surface area contributed by atoms with E-state index in [9.17, 15) is 0 Å². The molecule has 0 spiro atoms. The molecule has 8 aromatic rings. The van der Waals surface area contributed by atoms with Crippen LogP contribution in [0.2, 0.25) is 12.6 Å². The van der Waals surface area contributed by atoms with Gasteiger partial charge in [0.2, 0.25) is 0 Å². The van der Waals surface area contributed by atoms with E-state index >= 15 is 0 Å². The summed E-state index contributed by atoms with van der Waals surface area (Å²) >= 11 is 0. The third-order valence-electron chi connectivity index (χ3n) is 9.63. The van der Waals surface area contributed by atoms with Gasteiger partial charge in [0.1, 0.15) is 11.5 Å². The Morgan fingerprint density at radius 3 is 1.33 bits per heavy atom. The van der Waals surface area contributed by atoms with Crippen molar-refractivity contribution in [2.24, 2.45) is 0 Å². The molecule has 3 heteroatoms. The minimum atomic E-state index is -2.96. The zero-order chi connectivity index (χ0) is 32.4. The minimum absolute atomic E-state index is 0.667. The summed E-state index contributed by atoms with van der Waals surface area (Å²) in [5, 5.41) is 9.47. The Morgan fingerprint density at radius 2 is 0.896 bits per heavy atom. The maximum atomic E-state index is 7.41. The average molecular weight is 635 g/mol. The molecule has 0 saturated heterocycles. The Bertz CT molecular complexity index is 2430. The second-order valence-corrected chi connectivity index (χ2v) is 16.3. The molecule has 2 nitrogen and oxygen atoms in total. The smallest absolute Gasteiger partial charge is 0.461 e. The summed E-state index contributed by atoms with van der Waals surface area (Å²) in [7, 11) is -2.96. The number of rotatable bonds is 4. The summed E-state index contributed by atoms with van der Waals surface area (Å²) in [6.07, 6.45) is 0. The zero-order valence-corrected chi connectivity index (χ0v) is 28.1. The highest BCUT2D eigenvalue weighted by atomic mass is 28.4. The quantitative estimate of drug-likeness (QED) is 0.142. The highest BCUT2D eigenvalue weighted by Gasteiger charge is 2.43. The van der Waals surface area contributed by atoms with Crippen LogP contribution in [0.15, 0.2) is 158 Å². The van der Waals surface area contributed by atoms with Gasteiger partial charge in [-0.25, -0.2) is 0 Å². The van der Waals surface area contributed by atoms with Crippen LogP contribution < -0.4 is 8.85 Å². The van der Waals surface area contributed by atoms with E-state index in [1.807, 2.05) is 0 Å². The molecule has 0 unspecified atom stereocenters. The van der Waals surface area contributed by atoms with E-state index in [1.165, 1.54) is 32.3 Å². The number of hydrogen-bond donors (Lipinski definition) is 0. The monoisotopic (exact) mass is 634 g/mol. The molecule has 0 bridgehead atoms. The maximum absolute atomic E-state index is 7.41. The van der Waals surface area contributed by atoms with Crippen LogP contribution in [-0.4, -0.2) is 8.56 Å². The normalized spacial score (nSPS) is 13.5. The number of fused-ring (bicyclic) bond motifs is 9.